The first-order valence-corrected chi connectivity index (χ1v) is 7.63. The maximum absolute atomic E-state index is 12.6. The molecule has 0 bridgehead atoms. The van der Waals surface area contributed by atoms with Gasteiger partial charge in [-0.25, -0.2) is 14.4 Å². The zero-order valence-corrected chi connectivity index (χ0v) is 11.7. The highest BCUT2D eigenvalue weighted by molar-refractivity contribution is 7.90. The van der Waals surface area contributed by atoms with E-state index in [2.05, 4.69) is 4.89 Å². The number of aryl methyl sites for hydroxylation is 1. The first kappa shape index (κ1) is 12.8. The van der Waals surface area contributed by atoms with Gasteiger partial charge in [-0.3, -0.25) is 4.31 Å². The van der Waals surface area contributed by atoms with E-state index >= 15 is 0 Å². The molecule has 1 aromatic carbocycles. The maximum atomic E-state index is 12.6. The number of rotatable bonds is 2. The number of hydrogen-bond donors (Lipinski definition) is 1. The number of anilines is 1. The van der Waals surface area contributed by atoms with E-state index in [0.29, 0.717) is 0 Å². The zero-order chi connectivity index (χ0) is 13.4. The molecule has 0 amide bonds. The van der Waals surface area contributed by atoms with Crippen molar-refractivity contribution < 1.29 is 14.4 Å². The lowest BCUT2D eigenvalue weighted by atomic mass is 9.98. The van der Waals surface area contributed by atoms with Crippen molar-refractivity contribution in [2.75, 3.05) is 4.31 Å². The minimum atomic E-state index is -1.24. The lowest BCUT2D eigenvalue weighted by Gasteiger charge is -2.24. The number of hydrogen-bond acceptors (Lipinski definition) is 3. The summed E-state index contributed by atoms with van der Waals surface area (Å²) in [7, 11) is -1.24. The Morgan fingerprint density at radius 1 is 1.37 bits per heavy atom. The van der Waals surface area contributed by atoms with Crippen molar-refractivity contribution in [3.63, 3.8) is 0 Å². The van der Waals surface area contributed by atoms with E-state index in [1.54, 1.807) is 4.31 Å². The molecule has 2 aliphatic rings. The van der Waals surface area contributed by atoms with Crippen molar-refractivity contribution in [3.8, 4) is 0 Å². The Balaban J connectivity index is 2.01. The molecule has 3 rings (SSSR count). The predicted molar refractivity (Wildman–Crippen MR) is 74.8 cm³/mol. The van der Waals surface area contributed by atoms with Gasteiger partial charge in [-0.2, -0.15) is 0 Å². The molecule has 4 nitrogen and oxygen atoms in total. The third-order valence-electron chi connectivity index (χ3n) is 3.71. The summed E-state index contributed by atoms with van der Waals surface area (Å²) in [6.07, 6.45) is 3.22. The van der Waals surface area contributed by atoms with E-state index in [1.165, 1.54) is 0 Å². The van der Waals surface area contributed by atoms with E-state index in [4.69, 9.17) is 0 Å². The molecule has 0 fully saturated rings. The van der Waals surface area contributed by atoms with Gasteiger partial charge in [0.1, 0.15) is 0 Å². The van der Waals surface area contributed by atoms with Crippen molar-refractivity contribution in [3.05, 3.63) is 40.3 Å². The molecule has 0 spiro atoms. The molecule has 102 valence electrons. The van der Waals surface area contributed by atoms with Crippen molar-refractivity contribution in [2.45, 2.75) is 38.8 Å². The number of nitrogens with zero attached hydrogens (tertiary/aromatic N) is 1. The molecule has 19 heavy (non-hydrogen) atoms. The van der Waals surface area contributed by atoms with Crippen LogP contribution in [-0.2, 0) is 15.9 Å². The van der Waals surface area contributed by atoms with Crippen LogP contribution in [0.3, 0.4) is 0 Å². The third kappa shape index (κ3) is 2.12. The van der Waals surface area contributed by atoms with Crippen molar-refractivity contribution >= 4 is 16.7 Å². The standard InChI is InChI=1S/C14H17NO3S/c1-10-5-4-6-11(9-10)15-14(18-16)12-7-2-3-8-13(12)19(15)17/h4-6,9,14,16H,2-3,7-8H2,1H3/t14-,19?/m0/s1. The molecule has 1 unspecified atom stereocenters. The van der Waals surface area contributed by atoms with Crippen LogP contribution in [0, 0.1) is 6.92 Å². The van der Waals surface area contributed by atoms with Gasteiger partial charge in [0.15, 0.2) is 17.2 Å². The third-order valence-corrected chi connectivity index (χ3v) is 5.36. The Bertz CT molecular complexity index is 555. The van der Waals surface area contributed by atoms with Gasteiger partial charge in [-0.15, -0.1) is 0 Å². The van der Waals surface area contributed by atoms with Crippen LogP contribution in [0.4, 0.5) is 5.69 Å². The SMILES string of the molecule is Cc1cccc(N2[C@@H](OO)C3=C(CCCC3)S2=O)c1. The van der Waals surface area contributed by atoms with Crippen LogP contribution in [0.5, 0.6) is 0 Å². The van der Waals surface area contributed by atoms with Crippen LogP contribution >= 0.6 is 0 Å². The first-order valence-electron chi connectivity index (χ1n) is 6.52. The van der Waals surface area contributed by atoms with Gasteiger partial charge >= 0.3 is 0 Å². The molecule has 0 saturated heterocycles. The Kier molecular flexibility index (Phi) is 3.43. The summed E-state index contributed by atoms with van der Waals surface area (Å²) in [5, 5.41) is 9.21. The minimum absolute atomic E-state index is 0.599. The molecule has 0 aromatic heterocycles. The van der Waals surface area contributed by atoms with Crippen LogP contribution in [0.1, 0.15) is 31.2 Å². The van der Waals surface area contributed by atoms with E-state index < -0.39 is 17.2 Å². The zero-order valence-electron chi connectivity index (χ0n) is 10.8. The maximum Gasteiger partial charge on any atom is 0.199 e. The second-order valence-electron chi connectivity index (χ2n) is 5.03. The van der Waals surface area contributed by atoms with E-state index in [9.17, 15) is 9.47 Å². The molecule has 0 saturated carbocycles. The summed E-state index contributed by atoms with van der Waals surface area (Å²) in [6.45, 7) is 1.99. The van der Waals surface area contributed by atoms with E-state index in [1.807, 2.05) is 31.2 Å². The Hall–Kier alpha value is -1.17. The second-order valence-corrected chi connectivity index (χ2v) is 6.41. The molecule has 0 radical (unpaired) electrons. The largest absolute Gasteiger partial charge is 0.254 e. The lowest BCUT2D eigenvalue weighted by molar-refractivity contribution is -0.265. The van der Waals surface area contributed by atoms with Gasteiger partial charge in [0.2, 0.25) is 0 Å². The van der Waals surface area contributed by atoms with Gasteiger partial charge in [0.05, 0.1) is 5.69 Å². The molecule has 1 aliphatic heterocycles. The Morgan fingerprint density at radius 3 is 2.89 bits per heavy atom. The fraction of sp³-hybridized carbons (Fsp3) is 0.429. The van der Waals surface area contributed by atoms with Crippen LogP contribution in [0.2, 0.25) is 0 Å². The summed E-state index contributed by atoms with van der Waals surface area (Å²) < 4.78 is 14.3. The Morgan fingerprint density at radius 2 is 2.16 bits per heavy atom. The fourth-order valence-electron chi connectivity index (χ4n) is 2.81. The molecule has 2 atom stereocenters. The average Bonchev–Trinajstić information content (AvgIpc) is 2.72. The van der Waals surface area contributed by atoms with E-state index in [-0.39, 0.29) is 0 Å². The summed E-state index contributed by atoms with van der Waals surface area (Å²) in [4.78, 5) is 5.57. The molecular weight excluding hydrogens is 262 g/mol. The van der Waals surface area contributed by atoms with Gasteiger partial charge < -0.3 is 0 Å². The summed E-state index contributed by atoms with van der Waals surface area (Å²) in [6, 6.07) is 7.77. The highest BCUT2D eigenvalue weighted by Gasteiger charge is 2.41. The normalized spacial score (nSPS) is 26.7. The number of allylic oxidation sites excluding steroid dienone is 1. The number of benzene rings is 1. The lowest BCUT2D eigenvalue weighted by Crippen LogP contribution is -2.34. The highest BCUT2D eigenvalue weighted by atomic mass is 32.2. The molecule has 1 heterocycles. The van der Waals surface area contributed by atoms with Gasteiger partial charge in [-0.1, -0.05) is 12.1 Å². The molecule has 1 aliphatic carbocycles. The van der Waals surface area contributed by atoms with Gasteiger partial charge in [0.25, 0.3) is 0 Å². The molecule has 1 N–H and O–H groups in total. The topological polar surface area (TPSA) is 49.8 Å². The average molecular weight is 279 g/mol. The minimum Gasteiger partial charge on any atom is -0.254 e. The first-order chi connectivity index (χ1) is 9.22. The quantitative estimate of drug-likeness (QED) is 0.668. The highest BCUT2D eigenvalue weighted by Crippen LogP contribution is 2.41. The molecule has 1 aromatic rings. The fourth-order valence-corrected chi connectivity index (χ4v) is 4.44. The summed E-state index contributed by atoms with van der Waals surface area (Å²) >= 11 is 0. The summed E-state index contributed by atoms with van der Waals surface area (Å²) in [5.74, 6) is 0. The van der Waals surface area contributed by atoms with Gasteiger partial charge in [-0.05, 0) is 55.9 Å². The second kappa shape index (κ2) is 5.07. The molecule has 5 heteroatoms. The van der Waals surface area contributed by atoms with Crippen LogP contribution in [-0.4, -0.2) is 15.7 Å². The van der Waals surface area contributed by atoms with Gasteiger partial charge in [0, 0.05) is 4.91 Å². The summed E-state index contributed by atoms with van der Waals surface area (Å²) in [5.41, 5.74) is 2.91. The van der Waals surface area contributed by atoms with Crippen LogP contribution in [0.15, 0.2) is 34.7 Å². The Labute approximate surface area is 115 Å². The predicted octanol–water partition coefficient (Wildman–Crippen LogP) is 3.12. The monoisotopic (exact) mass is 279 g/mol. The van der Waals surface area contributed by atoms with E-state index in [0.717, 1.165) is 47.4 Å². The van der Waals surface area contributed by atoms with Crippen molar-refractivity contribution in [1.29, 1.82) is 0 Å². The van der Waals surface area contributed by atoms with Crippen LogP contribution in [0.25, 0.3) is 0 Å². The smallest absolute Gasteiger partial charge is 0.199 e. The van der Waals surface area contributed by atoms with Crippen molar-refractivity contribution in [2.24, 2.45) is 0 Å². The van der Waals surface area contributed by atoms with Crippen molar-refractivity contribution in [1.82, 2.24) is 0 Å². The van der Waals surface area contributed by atoms with Crippen LogP contribution < -0.4 is 4.31 Å². The molecular formula is C14H17NO3S.